The molecule has 0 atom stereocenters. The maximum atomic E-state index is 9.04. The molecule has 0 unspecified atom stereocenters. The summed E-state index contributed by atoms with van der Waals surface area (Å²) in [6.07, 6.45) is 0. The molecule has 0 amide bonds. The standard InChI is InChI=1S/C5H12NOS/c1-6-2-4-8(7)5-3-6/h7H,2-5H2,1H3/q+1/p+1. The Kier molecular flexibility index (Phi) is 2.16. The van der Waals surface area contributed by atoms with E-state index in [9.17, 15) is 0 Å². The lowest BCUT2D eigenvalue weighted by Crippen LogP contribution is -3.11. The normalized spacial score (nSPS) is 39.8. The molecule has 0 aromatic carbocycles. The van der Waals surface area contributed by atoms with Gasteiger partial charge in [0.25, 0.3) is 0 Å². The predicted octanol–water partition coefficient (Wildman–Crippen LogP) is -1.39. The van der Waals surface area contributed by atoms with Gasteiger partial charge in [0.1, 0.15) is 13.1 Å². The van der Waals surface area contributed by atoms with Gasteiger partial charge in [-0.3, -0.25) is 0 Å². The van der Waals surface area contributed by atoms with Crippen molar-refractivity contribution in [1.29, 1.82) is 0 Å². The lowest BCUT2D eigenvalue weighted by Gasteiger charge is -2.15. The molecule has 2 N–H and O–H groups in total. The molecule has 1 aliphatic rings. The van der Waals surface area contributed by atoms with Crippen LogP contribution in [0, 0.1) is 0 Å². The van der Waals surface area contributed by atoms with E-state index in [0.717, 1.165) is 24.6 Å². The molecule has 1 fully saturated rings. The van der Waals surface area contributed by atoms with Crippen LogP contribution in [0.1, 0.15) is 0 Å². The summed E-state index contributed by atoms with van der Waals surface area (Å²) >= 11 is -0.232. The summed E-state index contributed by atoms with van der Waals surface area (Å²) in [5.41, 5.74) is 0. The zero-order chi connectivity index (χ0) is 5.98. The molecule has 0 radical (unpaired) electrons. The SMILES string of the molecule is C[NH+]1CC[S+](O)CC1. The summed E-state index contributed by atoms with van der Waals surface area (Å²) in [6.45, 7) is 2.30. The smallest absolute Gasteiger partial charge is 0.189 e. The van der Waals surface area contributed by atoms with E-state index in [1.54, 1.807) is 4.90 Å². The minimum absolute atomic E-state index is 0.232. The maximum Gasteiger partial charge on any atom is 0.189 e. The molecule has 0 spiro atoms. The molecule has 0 aromatic rings. The van der Waals surface area contributed by atoms with E-state index in [4.69, 9.17) is 4.55 Å². The lowest BCUT2D eigenvalue weighted by atomic mass is 10.6. The van der Waals surface area contributed by atoms with E-state index in [0.29, 0.717) is 0 Å². The highest BCUT2D eigenvalue weighted by Crippen LogP contribution is 1.88. The second kappa shape index (κ2) is 2.71. The lowest BCUT2D eigenvalue weighted by molar-refractivity contribution is -0.875. The van der Waals surface area contributed by atoms with Crippen molar-refractivity contribution in [3.63, 3.8) is 0 Å². The molecule has 0 aromatic heterocycles. The van der Waals surface area contributed by atoms with Crippen LogP contribution in [0.25, 0.3) is 0 Å². The second-order valence-electron chi connectivity index (χ2n) is 2.33. The first-order valence-electron chi connectivity index (χ1n) is 2.97. The molecule has 0 aliphatic carbocycles. The molecule has 1 aliphatic heterocycles. The first-order valence-corrected chi connectivity index (χ1v) is 4.49. The van der Waals surface area contributed by atoms with Crippen LogP contribution in [0.2, 0.25) is 0 Å². The van der Waals surface area contributed by atoms with Crippen molar-refractivity contribution in [3.8, 4) is 0 Å². The number of hydrogen-bond acceptors (Lipinski definition) is 1. The highest BCUT2D eigenvalue weighted by molar-refractivity contribution is 7.91. The van der Waals surface area contributed by atoms with Gasteiger partial charge in [0, 0.05) is 0 Å². The van der Waals surface area contributed by atoms with Crippen molar-refractivity contribution >= 4 is 11.2 Å². The quantitative estimate of drug-likeness (QED) is 0.393. The van der Waals surface area contributed by atoms with E-state index < -0.39 is 0 Å². The van der Waals surface area contributed by atoms with Crippen molar-refractivity contribution in [3.05, 3.63) is 0 Å². The average molecular weight is 135 g/mol. The summed E-state index contributed by atoms with van der Waals surface area (Å²) < 4.78 is 9.04. The monoisotopic (exact) mass is 135 g/mol. The number of nitrogens with one attached hydrogen (secondary N) is 1. The molecular weight excluding hydrogens is 122 g/mol. The van der Waals surface area contributed by atoms with Gasteiger partial charge in [-0.1, -0.05) is 0 Å². The maximum absolute atomic E-state index is 9.04. The molecule has 0 saturated carbocycles. The largest absolute Gasteiger partial charge is 0.329 e. The third-order valence-electron chi connectivity index (χ3n) is 1.53. The van der Waals surface area contributed by atoms with Gasteiger partial charge < -0.3 is 4.90 Å². The fourth-order valence-corrected chi connectivity index (χ4v) is 2.18. The minimum atomic E-state index is -0.232. The summed E-state index contributed by atoms with van der Waals surface area (Å²) in [6, 6.07) is 0. The van der Waals surface area contributed by atoms with Crippen LogP contribution in [-0.2, 0) is 11.2 Å². The van der Waals surface area contributed by atoms with Crippen molar-refractivity contribution in [2.75, 3.05) is 31.6 Å². The Morgan fingerprint density at radius 1 is 1.38 bits per heavy atom. The van der Waals surface area contributed by atoms with E-state index in [1.165, 1.54) is 0 Å². The van der Waals surface area contributed by atoms with Gasteiger partial charge in [-0.2, -0.15) is 4.55 Å². The van der Waals surface area contributed by atoms with Crippen molar-refractivity contribution in [2.45, 2.75) is 0 Å². The first kappa shape index (κ1) is 6.39. The fourth-order valence-electron chi connectivity index (χ4n) is 0.811. The molecule has 3 heteroatoms. The van der Waals surface area contributed by atoms with Crippen LogP contribution < -0.4 is 4.90 Å². The molecule has 0 bridgehead atoms. The van der Waals surface area contributed by atoms with Gasteiger partial charge in [-0.25, -0.2) is 0 Å². The Morgan fingerprint density at radius 3 is 2.25 bits per heavy atom. The third kappa shape index (κ3) is 1.65. The van der Waals surface area contributed by atoms with Crippen LogP contribution in [-0.4, -0.2) is 36.2 Å². The highest BCUT2D eigenvalue weighted by Gasteiger charge is 2.24. The van der Waals surface area contributed by atoms with Crippen LogP contribution in [0.3, 0.4) is 0 Å². The zero-order valence-electron chi connectivity index (χ0n) is 5.18. The minimum Gasteiger partial charge on any atom is -0.329 e. The van der Waals surface area contributed by atoms with Gasteiger partial charge in [0.15, 0.2) is 22.7 Å². The van der Waals surface area contributed by atoms with Crippen LogP contribution in [0.4, 0.5) is 0 Å². The fraction of sp³-hybridized carbons (Fsp3) is 1.00. The molecule has 48 valence electrons. The van der Waals surface area contributed by atoms with E-state index in [-0.39, 0.29) is 11.2 Å². The van der Waals surface area contributed by atoms with Crippen LogP contribution >= 0.6 is 0 Å². The molecule has 8 heavy (non-hydrogen) atoms. The van der Waals surface area contributed by atoms with E-state index >= 15 is 0 Å². The average Bonchev–Trinajstić information content (AvgIpc) is 1.77. The topological polar surface area (TPSA) is 24.7 Å². The third-order valence-corrected chi connectivity index (χ3v) is 2.88. The number of hydrogen-bond donors (Lipinski definition) is 2. The van der Waals surface area contributed by atoms with Gasteiger partial charge in [0.2, 0.25) is 0 Å². The highest BCUT2D eigenvalue weighted by atomic mass is 32.2. The summed E-state index contributed by atoms with van der Waals surface area (Å²) in [7, 11) is 2.18. The Hall–Kier alpha value is 0.270. The summed E-state index contributed by atoms with van der Waals surface area (Å²) in [5, 5.41) is 0. The Labute approximate surface area is 53.0 Å². The van der Waals surface area contributed by atoms with Crippen molar-refractivity contribution in [1.82, 2.24) is 0 Å². The van der Waals surface area contributed by atoms with Gasteiger partial charge in [0.05, 0.1) is 7.05 Å². The molecule has 1 heterocycles. The Morgan fingerprint density at radius 2 is 1.88 bits per heavy atom. The molecule has 2 nitrogen and oxygen atoms in total. The van der Waals surface area contributed by atoms with Gasteiger partial charge in [-0.05, 0) is 0 Å². The summed E-state index contributed by atoms with van der Waals surface area (Å²) in [5.74, 6) is 2.04. The van der Waals surface area contributed by atoms with Gasteiger partial charge >= 0.3 is 0 Å². The van der Waals surface area contributed by atoms with Crippen molar-refractivity contribution in [2.24, 2.45) is 0 Å². The Balaban J connectivity index is 2.19. The molecule has 1 rings (SSSR count). The van der Waals surface area contributed by atoms with Crippen LogP contribution in [0.5, 0.6) is 0 Å². The van der Waals surface area contributed by atoms with Gasteiger partial charge in [-0.15, -0.1) is 0 Å². The first-order chi connectivity index (χ1) is 3.79. The molecular formula is C5H13NOS+2. The van der Waals surface area contributed by atoms with E-state index in [1.807, 2.05) is 0 Å². The second-order valence-corrected chi connectivity index (χ2v) is 4.07. The number of rotatable bonds is 0. The van der Waals surface area contributed by atoms with Crippen molar-refractivity contribution < 1.29 is 9.45 Å². The van der Waals surface area contributed by atoms with E-state index in [2.05, 4.69) is 7.05 Å². The van der Waals surface area contributed by atoms with Crippen LogP contribution in [0.15, 0.2) is 0 Å². The predicted molar refractivity (Wildman–Crippen MR) is 36.3 cm³/mol. The number of quaternary nitrogens is 1. The molecule has 1 saturated heterocycles. The Bertz CT molecular complexity index is 60.8. The zero-order valence-corrected chi connectivity index (χ0v) is 6.00. The summed E-state index contributed by atoms with van der Waals surface area (Å²) in [4.78, 5) is 1.56.